The van der Waals surface area contributed by atoms with Crippen molar-refractivity contribution < 1.29 is 14.7 Å². The van der Waals surface area contributed by atoms with Crippen molar-refractivity contribution >= 4 is 11.7 Å². The zero-order valence-corrected chi connectivity index (χ0v) is 5.34. The Morgan fingerprint density at radius 1 is 1.56 bits per heavy atom. The summed E-state index contributed by atoms with van der Waals surface area (Å²) < 4.78 is 0. The predicted octanol–water partition coefficient (Wildman–Crippen LogP) is -1.32. The maximum Gasteiger partial charge on any atom is 0.256 e. The molecule has 0 aliphatic rings. The van der Waals surface area contributed by atoms with Crippen molar-refractivity contribution in [3.63, 3.8) is 0 Å². The van der Waals surface area contributed by atoms with Crippen LogP contribution >= 0.6 is 0 Å². The van der Waals surface area contributed by atoms with Gasteiger partial charge in [0.2, 0.25) is 0 Å². The van der Waals surface area contributed by atoms with Gasteiger partial charge >= 0.3 is 0 Å². The molecule has 0 aliphatic carbocycles. The van der Waals surface area contributed by atoms with Gasteiger partial charge in [-0.3, -0.25) is 9.59 Å². The molecule has 0 aromatic carbocycles. The van der Waals surface area contributed by atoms with E-state index < -0.39 is 17.8 Å². The Morgan fingerprint density at radius 2 is 2.00 bits per heavy atom. The van der Waals surface area contributed by atoms with E-state index in [0.29, 0.717) is 0 Å². The first kappa shape index (κ1) is 8.10. The van der Waals surface area contributed by atoms with Crippen LogP contribution in [0, 0.1) is 0 Å². The molecule has 0 saturated heterocycles. The molecule has 0 rings (SSSR count). The Labute approximate surface area is 52.9 Å². The van der Waals surface area contributed by atoms with Gasteiger partial charge in [0, 0.05) is 7.05 Å². The van der Waals surface area contributed by atoms with Crippen LogP contribution in [0.3, 0.4) is 0 Å². The summed E-state index contributed by atoms with van der Waals surface area (Å²) in [4.78, 5) is 20.6. The molecular weight excluding hydrogens is 122 g/mol. The largest absolute Gasteiger partial charge is 0.376 e. The van der Waals surface area contributed by atoms with Gasteiger partial charge in [-0.1, -0.05) is 0 Å². The number of Topliss-reactive ketones (excluding diaryl/α,β-unsaturated/α-hetero) is 1. The molecule has 0 heterocycles. The van der Waals surface area contributed by atoms with E-state index in [-0.39, 0.29) is 0 Å². The summed E-state index contributed by atoms with van der Waals surface area (Å²) in [6.07, 6.45) is -1.50. The molecule has 2 N–H and O–H groups in total. The topological polar surface area (TPSA) is 66.4 Å². The number of aliphatic hydroxyl groups is 1. The lowest BCUT2D eigenvalue weighted by molar-refractivity contribution is -0.138. The SMILES string of the molecule is CNC(=O)C(O)C(C)=O. The molecular formula is C5H9NO3. The lowest BCUT2D eigenvalue weighted by Gasteiger charge is -2.02. The van der Waals surface area contributed by atoms with Crippen LogP contribution in [0.4, 0.5) is 0 Å². The van der Waals surface area contributed by atoms with Gasteiger partial charge in [-0.15, -0.1) is 0 Å². The minimum absolute atomic E-state index is 0.547. The quantitative estimate of drug-likeness (QED) is 0.457. The predicted molar refractivity (Wildman–Crippen MR) is 30.8 cm³/mol. The second-order valence-electron chi connectivity index (χ2n) is 1.63. The number of likely N-dealkylation sites (N-methyl/N-ethyl adjacent to an activating group) is 1. The van der Waals surface area contributed by atoms with Gasteiger partial charge in [0.15, 0.2) is 11.9 Å². The standard InChI is InChI=1S/C5H9NO3/c1-3(7)4(8)5(9)6-2/h4,8H,1-2H3,(H,6,9). The molecule has 0 radical (unpaired) electrons. The number of carbonyl (C=O) groups is 2. The maximum atomic E-state index is 10.4. The highest BCUT2D eigenvalue weighted by atomic mass is 16.3. The Hall–Kier alpha value is -0.900. The van der Waals surface area contributed by atoms with Gasteiger partial charge < -0.3 is 10.4 Å². The number of amides is 1. The van der Waals surface area contributed by atoms with Crippen LogP contribution in [-0.2, 0) is 9.59 Å². The first-order valence-electron chi connectivity index (χ1n) is 2.49. The molecule has 4 heteroatoms. The molecule has 1 atom stereocenters. The number of carbonyl (C=O) groups excluding carboxylic acids is 2. The number of rotatable bonds is 2. The van der Waals surface area contributed by atoms with Crippen LogP contribution in [0.25, 0.3) is 0 Å². The highest BCUT2D eigenvalue weighted by molar-refractivity contribution is 6.02. The molecule has 0 saturated carbocycles. The molecule has 0 aromatic rings. The molecule has 52 valence electrons. The van der Waals surface area contributed by atoms with Crippen molar-refractivity contribution in [2.75, 3.05) is 7.05 Å². The van der Waals surface area contributed by atoms with Gasteiger partial charge in [0.05, 0.1) is 0 Å². The van der Waals surface area contributed by atoms with Crippen LogP contribution in [-0.4, -0.2) is 29.9 Å². The van der Waals surface area contributed by atoms with Gasteiger partial charge in [-0.2, -0.15) is 0 Å². The van der Waals surface area contributed by atoms with Crippen LogP contribution < -0.4 is 5.32 Å². The van der Waals surface area contributed by atoms with Crippen molar-refractivity contribution in [1.29, 1.82) is 0 Å². The fourth-order valence-electron chi connectivity index (χ4n) is 0.321. The number of hydrogen-bond acceptors (Lipinski definition) is 3. The third-order valence-corrected chi connectivity index (χ3v) is 0.880. The third kappa shape index (κ3) is 2.23. The second-order valence-corrected chi connectivity index (χ2v) is 1.63. The summed E-state index contributed by atoms with van der Waals surface area (Å²) in [7, 11) is 1.36. The number of hydrogen-bond donors (Lipinski definition) is 2. The van der Waals surface area contributed by atoms with Crippen LogP contribution in [0.5, 0.6) is 0 Å². The summed E-state index contributed by atoms with van der Waals surface area (Å²) >= 11 is 0. The fourth-order valence-corrected chi connectivity index (χ4v) is 0.321. The molecule has 9 heavy (non-hydrogen) atoms. The fraction of sp³-hybridized carbons (Fsp3) is 0.600. The molecule has 1 unspecified atom stereocenters. The zero-order valence-electron chi connectivity index (χ0n) is 5.34. The summed E-state index contributed by atoms with van der Waals surface area (Å²) in [5.41, 5.74) is 0. The maximum absolute atomic E-state index is 10.4. The molecule has 0 bridgehead atoms. The summed E-state index contributed by atoms with van der Waals surface area (Å²) in [6, 6.07) is 0. The number of nitrogens with one attached hydrogen (secondary N) is 1. The van der Waals surface area contributed by atoms with Crippen molar-refractivity contribution in [3.8, 4) is 0 Å². The highest BCUT2D eigenvalue weighted by Gasteiger charge is 2.17. The minimum atomic E-state index is -1.50. The van der Waals surface area contributed by atoms with Crippen molar-refractivity contribution in [2.24, 2.45) is 0 Å². The van der Waals surface area contributed by atoms with Crippen LogP contribution in [0.15, 0.2) is 0 Å². The van der Waals surface area contributed by atoms with E-state index in [9.17, 15) is 9.59 Å². The van der Waals surface area contributed by atoms with E-state index in [4.69, 9.17) is 5.11 Å². The van der Waals surface area contributed by atoms with Crippen LogP contribution in [0.2, 0.25) is 0 Å². The van der Waals surface area contributed by atoms with Gasteiger partial charge in [-0.05, 0) is 6.92 Å². The monoisotopic (exact) mass is 131 g/mol. The second kappa shape index (κ2) is 3.19. The van der Waals surface area contributed by atoms with E-state index in [1.807, 2.05) is 0 Å². The molecule has 0 aliphatic heterocycles. The van der Waals surface area contributed by atoms with Gasteiger partial charge in [0.25, 0.3) is 5.91 Å². The van der Waals surface area contributed by atoms with E-state index >= 15 is 0 Å². The molecule has 0 spiro atoms. The molecule has 0 aromatic heterocycles. The average Bonchev–Trinajstić information content (AvgIpc) is 1.84. The first-order valence-corrected chi connectivity index (χ1v) is 2.49. The minimum Gasteiger partial charge on any atom is -0.376 e. The lowest BCUT2D eigenvalue weighted by atomic mass is 10.2. The smallest absolute Gasteiger partial charge is 0.256 e. The van der Waals surface area contributed by atoms with Gasteiger partial charge in [0.1, 0.15) is 0 Å². The molecule has 0 fully saturated rings. The average molecular weight is 131 g/mol. The third-order valence-electron chi connectivity index (χ3n) is 0.880. The van der Waals surface area contributed by atoms with E-state index in [0.717, 1.165) is 6.92 Å². The van der Waals surface area contributed by atoms with E-state index in [1.165, 1.54) is 7.05 Å². The lowest BCUT2D eigenvalue weighted by Crippen LogP contribution is -2.36. The van der Waals surface area contributed by atoms with Crippen molar-refractivity contribution in [3.05, 3.63) is 0 Å². The Bertz CT molecular complexity index is 132. The highest BCUT2D eigenvalue weighted by Crippen LogP contribution is 1.82. The molecule has 4 nitrogen and oxygen atoms in total. The number of ketones is 1. The van der Waals surface area contributed by atoms with Crippen molar-refractivity contribution in [1.82, 2.24) is 5.32 Å². The Balaban J connectivity index is 3.88. The Morgan fingerprint density at radius 3 is 2.11 bits per heavy atom. The summed E-state index contributed by atoms with van der Waals surface area (Å²) in [5.74, 6) is -1.21. The first-order chi connectivity index (χ1) is 4.09. The number of aliphatic hydroxyl groups excluding tert-OH is 1. The normalized spacial score (nSPS) is 12.3. The molecule has 1 amide bonds. The summed E-state index contributed by atoms with van der Waals surface area (Å²) in [6.45, 7) is 1.15. The summed E-state index contributed by atoms with van der Waals surface area (Å²) in [5, 5.41) is 10.8. The zero-order chi connectivity index (χ0) is 7.44. The van der Waals surface area contributed by atoms with Gasteiger partial charge in [-0.25, -0.2) is 0 Å². The van der Waals surface area contributed by atoms with Crippen molar-refractivity contribution in [2.45, 2.75) is 13.0 Å². The van der Waals surface area contributed by atoms with E-state index in [1.54, 1.807) is 0 Å². The van der Waals surface area contributed by atoms with E-state index in [2.05, 4.69) is 5.32 Å². The van der Waals surface area contributed by atoms with Crippen LogP contribution in [0.1, 0.15) is 6.92 Å². The Kier molecular flexibility index (Phi) is 2.87.